The zero-order chi connectivity index (χ0) is 18.0. The van der Waals surface area contributed by atoms with Gasteiger partial charge in [0.15, 0.2) is 0 Å². The molecule has 1 atom stereocenters. The van der Waals surface area contributed by atoms with E-state index in [9.17, 15) is 4.79 Å². The fourth-order valence-corrected chi connectivity index (χ4v) is 2.85. The van der Waals surface area contributed by atoms with Crippen LogP contribution in [0.4, 0.5) is 0 Å². The van der Waals surface area contributed by atoms with Crippen molar-refractivity contribution < 1.29 is 14.3 Å². The Balaban J connectivity index is 1.76. The maximum atomic E-state index is 12.6. The van der Waals surface area contributed by atoms with E-state index in [0.717, 1.165) is 28.3 Å². The normalized spacial score (nSPS) is 14.2. The van der Waals surface area contributed by atoms with Crippen LogP contribution in [0.5, 0.6) is 11.5 Å². The van der Waals surface area contributed by atoms with E-state index in [4.69, 9.17) is 9.47 Å². The van der Waals surface area contributed by atoms with Crippen LogP contribution in [0.2, 0.25) is 0 Å². The molecule has 0 saturated heterocycles. The van der Waals surface area contributed by atoms with E-state index in [0.29, 0.717) is 12.2 Å². The molecule has 0 fully saturated rings. The molecule has 132 valence electrons. The van der Waals surface area contributed by atoms with Crippen LogP contribution in [-0.4, -0.2) is 28.9 Å². The molecule has 0 radical (unpaired) electrons. The molecule has 6 nitrogen and oxygen atoms in total. The van der Waals surface area contributed by atoms with Gasteiger partial charge in [-0.15, -0.1) is 0 Å². The highest BCUT2D eigenvalue weighted by molar-refractivity contribution is 5.99. The van der Waals surface area contributed by atoms with Crippen molar-refractivity contribution in [2.45, 2.75) is 26.8 Å². The van der Waals surface area contributed by atoms with Gasteiger partial charge < -0.3 is 14.8 Å². The SMILES string of the molecule is CCOc1ccc2c(c1)C=C(C(=O)N[C@H](C)c1cnn(C)c1C)CO2. The van der Waals surface area contributed by atoms with Crippen molar-refractivity contribution >= 4 is 12.0 Å². The summed E-state index contributed by atoms with van der Waals surface area (Å²) in [5.41, 5.74) is 3.49. The Morgan fingerprint density at radius 2 is 2.28 bits per heavy atom. The van der Waals surface area contributed by atoms with Gasteiger partial charge in [0.25, 0.3) is 5.91 Å². The molecule has 0 spiro atoms. The number of fused-ring (bicyclic) bond motifs is 1. The first-order chi connectivity index (χ1) is 12.0. The van der Waals surface area contributed by atoms with Crippen molar-refractivity contribution in [1.82, 2.24) is 15.1 Å². The van der Waals surface area contributed by atoms with E-state index < -0.39 is 0 Å². The summed E-state index contributed by atoms with van der Waals surface area (Å²) >= 11 is 0. The molecule has 0 saturated carbocycles. The van der Waals surface area contributed by atoms with Gasteiger partial charge in [0.1, 0.15) is 18.1 Å². The second kappa shape index (κ2) is 7.01. The Hall–Kier alpha value is -2.76. The van der Waals surface area contributed by atoms with Gasteiger partial charge in [-0.1, -0.05) is 0 Å². The van der Waals surface area contributed by atoms with Crippen LogP contribution in [0.1, 0.15) is 36.7 Å². The molecule has 1 aliphatic rings. The Morgan fingerprint density at radius 3 is 2.96 bits per heavy atom. The van der Waals surface area contributed by atoms with Crippen molar-refractivity contribution in [1.29, 1.82) is 0 Å². The summed E-state index contributed by atoms with van der Waals surface area (Å²) in [5.74, 6) is 1.39. The highest BCUT2D eigenvalue weighted by Gasteiger charge is 2.21. The van der Waals surface area contributed by atoms with Gasteiger partial charge in [-0.05, 0) is 45.0 Å². The van der Waals surface area contributed by atoms with Gasteiger partial charge in [-0.2, -0.15) is 5.10 Å². The number of nitrogens with one attached hydrogen (secondary N) is 1. The molecule has 2 heterocycles. The van der Waals surface area contributed by atoms with Crippen LogP contribution in [-0.2, 0) is 11.8 Å². The van der Waals surface area contributed by atoms with Crippen molar-refractivity contribution in [2.75, 3.05) is 13.2 Å². The van der Waals surface area contributed by atoms with Crippen molar-refractivity contribution in [3.63, 3.8) is 0 Å². The molecule has 2 aromatic rings. The molecular formula is C19H23N3O3. The standard InChI is InChI=1S/C19H23N3O3/c1-5-24-16-6-7-18-14(9-16)8-15(11-25-18)19(23)21-12(2)17-10-20-22(4)13(17)3/h6-10,12H,5,11H2,1-4H3,(H,21,23)/t12-/m1/s1. The number of rotatable bonds is 5. The Labute approximate surface area is 147 Å². The Bertz CT molecular complexity index is 823. The minimum absolute atomic E-state index is 0.127. The summed E-state index contributed by atoms with van der Waals surface area (Å²) < 4.78 is 13.0. The number of hydrogen-bond acceptors (Lipinski definition) is 4. The van der Waals surface area contributed by atoms with E-state index in [-0.39, 0.29) is 18.6 Å². The maximum Gasteiger partial charge on any atom is 0.251 e. The topological polar surface area (TPSA) is 65.4 Å². The number of carbonyl (C=O) groups is 1. The van der Waals surface area contributed by atoms with Gasteiger partial charge >= 0.3 is 0 Å². The predicted octanol–water partition coefficient (Wildman–Crippen LogP) is 2.78. The molecule has 1 amide bonds. The van der Waals surface area contributed by atoms with Gasteiger partial charge in [-0.3, -0.25) is 9.48 Å². The molecule has 1 aromatic heterocycles. The summed E-state index contributed by atoms with van der Waals surface area (Å²) in [4.78, 5) is 12.6. The second-order valence-corrected chi connectivity index (χ2v) is 6.09. The molecule has 0 aliphatic carbocycles. The smallest absolute Gasteiger partial charge is 0.251 e. The minimum atomic E-state index is -0.136. The third-order valence-corrected chi connectivity index (χ3v) is 4.38. The Kier molecular flexibility index (Phi) is 4.79. The number of benzene rings is 1. The highest BCUT2D eigenvalue weighted by Crippen LogP contribution is 2.30. The molecule has 1 aliphatic heterocycles. The summed E-state index contributed by atoms with van der Waals surface area (Å²) in [5, 5.41) is 7.24. The first kappa shape index (κ1) is 17.1. The van der Waals surface area contributed by atoms with E-state index >= 15 is 0 Å². The zero-order valence-corrected chi connectivity index (χ0v) is 15.0. The zero-order valence-electron chi connectivity index (χ0n) is 15.0. The number of ether oxygens (including phenoxy) is 2. The number of amides is 1. The van der Waals surface area contributed by atoms with E-state index in [2.05, 4.69) is 10.4 Å². The molecule has 1 N–H and O–H groups in total. The number of nitrogens with zero attached hydrogens (tertiary/aromatic N) is 2. The molecule has 6 heteroatoms. The summed E-state index contributed by atoms with van der Waals surface area (Å²) in [6, 6.07) is 5.50. The van der Waals surface area contributed by atoms with Crippen LogP contribution in [0.3, 0.4) is 0 Å². The number of aryl methyl sites for hydroxylation is 1. The molecule has 1 aromatic carbocycles. The van der Waals surface area contributed by atoms with Crippen LogP contribution < -0.4 is 14.8 Å². The lowest BCUT2D eigenvalue weighted by Crippen LogP contribution is -2.31. The monoisotopic (exact) mass is 341 g/mol. The Morgan fingerprint density at radius 1 is 1.48 bits per heavy atom. The largest absolute Gasteiger partial charge is 0.494 e. The van der Waals surface area contributed by atoms with Gasteiger partial charge in [-0.25, -0.2) is 0 Å². The molecule has 0 unspecified atom stereocenters. The third-order valence-electron chi connectivity index (χ3n) is 4.38. The summed E-state index contributed by atoms with van der Waals surface area (Å²) in [6.45, 7) is 6.73. The van der Waals surface area contributed by atoms with Crippen LogP contribution in [0.25, 0.3) is 6.08 Å². The van der Waals surface area contributed by atoms with Crippen LogP contribution in [0.15, 0.2) is 30.0 Å². The van der Waals surface area contributed by atoms with Gasteiger partial charge in [0.2, 0.25) is 0 Å². The van der Waals surface area contributed by atoms with Crippen molar-refractivity contribution in [3.8, 4) is 11.5 Å². The molecule has 3 rings (SSSR count). The maximum absolute atomic E-state index is 12.6. The fraction of sp³-hybridized carbons (Fsp3) is 0.368. The average molecular weight is 341 g/mol. The molecule has 0 bridgehead atoms. The number of carbonyl (C=O) groups excluding carboxylic acids is 1. The molecular weight excluding hydrogens is 318 g/mol. The number of hydrogen-bond donors (Lipinski definition) is 1. The minimum Gasteiger partial charge on any atom is -0.494 e. The lowest BCUT2D eigenvalue weighted by molar-refractivity contribution is -0.118. The quantitative estimate of drug-likeness (QED) is 0.908. The lowest BCUT2D eigenvalue weighted by atomic mass is 10.1. The average Bonchev–Trinajstić information content (AvgIpc) is 2.93. The fourth-order valence-electron chi connectivity index (χ4n) is 2.85. The molecule has 25 heavy (non-hydrogen) atoms. The van der Waals surface area contributed by atoms with E-state index in [1.165, 1.54) is 0 Å². The highest BCUT2D eigenvalue weighted by atomic mass is 16.5. The first-order valence-electron chi connectivity index (χ1n) is 8.39. The van der Waals surface area contributed by atoms with Crippen molar-refractivity contribution in [2.24, 2.45) is 7.05 Å². The lowest BCUT2D eigenvalue weighted by Gasteiger charge is -2.20. The summed E-state index contributed by atoms with van der Waals surface area (Å²) in [7, 11) is 1.89. The summed E-state index contributed by atoms with van der Waals surface area (Å²) in [6.07, 6.45) is 3.65. The van der Waals surface area contributed by atoms with Crippen LogP contribution >= 0.6 is 0 Å². The van der Waals surface area contributed by atoms with Crippen LogP contribution in [0, 0.1) is 6.92 Å². The second-order valence-electron chi connectivity index (χ2n) is 6.09. The number of aromatic nitrogens is 2. The van der Waals surface area contributed by atoms with Gasteiger partial charge in [0, 0.05) is 23.9 Å². The predicted molar refractivity (Wildman–Crippen MR) is 95.6 cm³/mol. The first-order valence-corrected chi connectivity index (χ1v) is 8.39. The van der Waals surface area contributed by atoms with E-state index in [1.54, 1.807) is 10.9 Å². The van der Waals surface area contributed by atoms with Crippen molar-refractivity contribution in [3.05, 3.63) is 46.8 Å². The van der Waals surface area contributed by atoms with E-state index in [1.807, 2.05) is 52.1 Å². The van der Waals surface area contributed by atoms with Gasteiger partial charge in [0.05, 0.1) is 24.4 Å². The third kappa shape index (κ3) is 3.52.